The third-order valence-corrected chi connectivity index (χ3v) is 3.12. The van der Waals surface area contributed by atoms with Crippen LogP contribution in [0, 0.1) is 11.8 Å². The Morgan fingerprint density at radius 2 is 2.36 bits per heavy atom. The maximum absolute atomic E-state index is 11.7. The van der Waals surface area contributed by atoms with Crippen molar-refractivity contribution in [1.29, 1.82) is 0 Å². The molecule has 3 heteroatoms. The summed E-state index contributed by atoms with van der Waals surface area (Å²) in [6.07, 6.45) is 2.68. The van der Waals surface area contributed by atoms with Crippen LogP contribution >= 0.6 is 0 Å². The Hall–Kier alpha value is -0.570. The standard InChI is InChI=1S/C11H21NO2/c1-3-9(2)6-11(14)12-5-4-10(7-12)8-13/h9-10,13H,3-8H2,1-2H3/t9-,10+/m1/s1. The van der Waals surface area contributed by atoms with Crippen molar-refractivity contribution < 1.29 is 9.90 Å². The third-order valence-electron chi connectivity index (χ3n) is 3.12. The Morgan fingerprint density at radius 1 is 1.64 bits per heavy atom. The van der Waals surface area contributed by atoms with E-state index in [1.807, 2.05) is 4.90 Å². The van der Waals surface area contributed by atoms with Crippen LogP contribution in [0.25, 0.3) is 0 Å². The van der Waals surface area contributed by atoms with Crippen LogP contribution in [0.3, 0.4) is 0 Å². The SMILES string of the molecule is CC[C@@H](C)CC(=O)N1CC[C@H](CO)C1. The lowest BCUT2D eigenvalue weighted by Crippen LogP contribution is -2.30. The summed E-state index contributed by atoms with van der Waals surface area (Å²) < 4.78 is 0. The average Bonchev–Trinajstić information content (AvgIpc) is 2.65. The van der Waals surface area contributed by atoms with Gasteiger partial charge in [-0.05, 0) is 12.3 Å². The predicted molar refractivity (Wildman–Crippen MR) is 55.8 cm³/mol. The molecular weight excluding hydrogens is 178 g/mol. The largest absolute Gasteiger partial charge is 0.396 e. The number of nitrogens with zero attached hydrogens (tertiary/aromatic N) is 1. The van der Waals surface area contributed by atoms with Gasteiger partial charge < -0.3 is 10.0 Å². The molecule has 1 rings (SSSR count). The monoisotopic (exact) mass is 199 g/mol. The van der Waals surface area contributed by atoms with Gasteiger partial charge in [0.05, 0.1) is 0 Å². The molecule has 0 saturated carbocycles. The molecule has 2 atom stereocenters. The maximum Gasteiger partial charge on any atom is 0.222 e. The number of likely N-dealkylation sites (tertiary alicyclic amines) is 1. The molecule has 82 valence electrons. The van der Waals surface area contributed by atoms with Gasteiger partial charge in [0.25, 0.3) is 0 Å². The maximum atomic E-state index is 11.7. The Balaban J connectivity index is 2.32. The molecule has 1 saturated heterocycles. The topological polar surface area (TPSA) is 40.5 Å². The summed E-state index contributed by atoms with van der Waals surface area (Å²) in [7, 11) is 0. The minimum absolute atomic E-state index is 0.215. The molecule has 0 aromatic heterocycles. The molecular formula is C11H21NO2. The minimum atomic E-state index is 0.215. The summed E-state index contributed by atoms with van der Waals surface area (Å²) in [6, 6.07) is 0. The molecule has 1 fully saturated rings. The highest BCUT2D eigenvalue weighted by Gasteiger charge is 2.25. The number of aliphatic hydroxyl groups excluding tert-OH is 1. The molecule has 1 N–H and O–H groups in total. The highest BCUT2D eigenvalue weighted by Crippen LogP contribution is 2.18. The number of aliphatic hydroxyl groups is 1. The molecule has 1 aliphatic rings. The first-order valence-corrected chi connectivity index (χ1v) is 5.56. The van der Waals surface area contributed by atoms with Crippen molar-refractivity contribution in [2.45, 2.75) is 33.1 Å². The second-order valence-corrected chi connectivity index (χ2v) is 4.39. The van der Waals surface area contributed by atoms with E-state index in [0.29, 0.717) is 18.3 Å². The number of carbonyl (C=O) groups excluding carboxylic acids is 1. The van der Waals surface area contributed by atoms with E-state index in [2.05, 4.69) is 13.8 Å². The minimum Gasteiger partial charge on any atom is -0.396 e. The van der Waals surface area contributed by atoms with Gasteiger partial charge in [-0.15, -0.1) is 0 Å². The molecule has 3 nitrogen and oxygen atoms in total. The van der Waals surface area contributed by atoms with Gasteiger partial charge in [-0.2, -0.15) is 0 Å². The van der Waals surface area contributed by atoms with Crippen molar-refractivity contribution >= 4 is 5.91 Å². The van der Waals surface area contributed by atoms with E-state index in [9.17, 15) is 4.79 Å². The zero-order valence-corrected chi connectivity index (χ0v) is 9.20. The molecule has 0 spiro atoms. The van der Waals surface area contributed by atoms with Crippen molar-refractivity contribution in [3.63, 3.8) is 0 Å². The second-order valence-electron chi connectivity index (χ2n) is 4.39. The number of rotatable bonds is 4. The fourth-order valence-corrected chi connectivity index (χ4v) is 1.78. The highest BCUT2D eigenvalue weighted by molar-refractivity contribution is 5.76. The van der Waals surface area contributed by atoms with E-state index in [4.69, 9.17) is 5.11 Å². The van der Waals surface area contributed by atoms with Gasteiger partial charge in [0, 0.05) is 32.0 Å². The van der Waals surface area contributed by atoms with Gasteiger partial charge in [0.15, 0.2) is 0 Å². The fourth-order valence-electron chi connectivity index (χ4n) is 1.78. The molecule has 0 aromatic carbocycles. The lowest BCUT2D eigenvalue weighted by atomic mass is 10.0. The van der Waals surface area contributed by atoms with Gasteiger partial charge in [-0.3, -0.25) is 4.79 Å². The van der Waals surface area contributed by atoms with Crippen molar-refractivity contribution in [2.75, 3.05) is 19.7 Å². The number of carbonyl (C=O) groups is 1. The molecule has 1 amide bonds. The van der Waals surface area contributed by atoms with Gasteiger partial charge >= 0.3 is 0 Å². The Labute approximate surface area is 86.1 Å². The summed E-state index contributed by atoms with van der Waals surface area (Å²) in [6.45, 7) is 6.02. The Bertz CT molecular complexity index is 194. The number of hydrogen-bond donors (Lipinski definition) is 1. The first-order valence-electron chi connectivity index (χ1n) is 5.56. The molecule has 1 aliphatic heterocycles. The van der Waals surface area contributed by atoms with Gasteiger partial charge in [0.2, 0.25) is 5.91 Å². The summed E-state index contributed by atoms with van der Waals surface area (Å²) in [5, 5.41) is 8.96. The smallest absolute Gasteiger partial charge is 0.222 e. The fraction of sp³-hybridized carbons (Fsp3) is 0.909. The van der Waals surface area contributed by atoms with E-state index < -0.39 is 0 Å². The summed E-state index contributed by atoms with van der Waals surface area (Å²) >= 11 is 0. The zero-order chi connectivity index (χ0) is 10.6. The van der Waals surface area contributed by atoms with Crippen molar-refractivity contribution in [2.24, 2.45) is 11.8 Å². The van der Waals surface area contributed by atoms with Gasteiger partial charge in [0.1, 0.15) is 0 Å². The lowest BCUT2D eigenvalue weighted by Gasteiger charge is -2.18. The Morgan fingerprint density at radius 3 is 2.86 bits per heavy atom. The molecule has 14 heavy (non-hydrogen) atoms. The van der Waals surface area contributed by atoms with Crippen LogP contribution in [0.5, 0.6) is 0 Å². The van der Waals surface area contributed by atoms with E-state index in [-0.39, 0.29) is 12.5 Å². The molecule has 0 aliphatic carbocycles. The van der Waals surface area contributed by atoms with Gasteiger partial charge in [-0.25, -0.2) is 0 Å². The van der Waals surface area contributed by atoms with E-state index in [0.717, 1.165) is 25.9 Å². The summed E-state index contributed by atoms with van der Waals surface area (Å²) in [4.78, 5) is 13.6. The molecule has 0 radical (unpaired) electrons. The van der Waals surface area contributed by atoms with Crippen LogP contribution < -0.4 is 0 Å². The highest BCUT2D eigenvalue weighted by atomic mass is 16.3. The van der Waals surface area contributed by atoms with Crippen LogP contribution in [0.1, 0.15) is 33.1 Å². The quantitative estimate of drug-likeness (QED) is 0.740. The van der Waals surface area contributed by atoms with Crippen molar-refractivity contribution in [1.82, 2.24) is 4.90 Å². The molecule has 0 bridgehead atoms. The number of hydrogen-bond acceptors (Lipinski definition) is 2. The summed E-state index contributed by atoms with van der Waals surface area (Å²) in [5.41, 5.74) is 0. The van der Waals surface area contributed by atoms with Crippen LogP contribution in [-0.4, -0.2) is 35.6 Å². The Kier molecular flexibility index (Phi) is 4.39. The van der Waals surface area contributed by atoms with Crippen molar-refractivity contribution in [3.8, 4) is 0 Å². The molecule has 0 aromatic rings. The van der Waals surface area contributed by atoms with Gasteiger partial charge in [-0.1, -0.05) is 20.3 Å². The van der Waals surface area contributed by atoms with Crippen LogP contribution in [0.15, 0.2) is 0 Å². The molecule has 0 unspecified atom stereocenters. The second kappa shape index (κ2) is 5.35. The number of amides is 1. The summed E-state index contributed by atoms with van der Waals surface area (Å²) in [5.74, 6) is 1.06. The van der Waals surface area contributed by atoms with E-state index in [1.54, 1.807) is 0 Å². The lowest BCUT2D eigenvalue weighted by molar-refractivity contribution is -0.131. The zero-order valence-electron chi connectivity index (χ0n) is 9.20. The first-order chi connectivity index (χ1) is 6.67. The van der Waals surface area contributed by atoms with Crippen molar-refractivity contribution in [3.05, 3.63) is 0 Å². The third kappa shape index (κ3) is 2.98. The van der Waals surface area contributed by atoms with E-state index in [1.165, 1.54) is 0 Å². The predicted octanol–water partition coefficient (Wildman–Crippen LogP) is 1.26. The van der Waals surface area contributed by atoms with Crippen LogP contribution in [0.4, 0.5) is 0 Å². The molecule has 1 heterocycles. The van der Waals surface area contributed by atoms with Crippen LogP contribution in [0.2, 0.25) is 0 Å². The first kappa shape index (κ1) is 11.5. The van der Waals surface area contributed by atoms with Crippen LogP contribution in [-0.2, 0) is 4.79 Å². The normalized spacial score (nSPS) is 23.9. The average molecular weight is 199 g/mol. The van der Waals surface area contributed by atoms with E-state index >= 15 is 0 Å².